The summed E-state index contributed by atoms with van der Waals surface area (Å²) >= 11 is 0. The van der Waals surface area contributed by atoms with Gasteiger partial charge in [0.05, 0.1) is 5.69 Å². The Kier molecular flexibility index (Phi) is 4.07. The number of hydrazine groups is 1. The second kappa shape index (κ2) is 5.34. The van der Waals surface area contributed by atoms with Crippen LogP contribution in [0, 0.1) is 0 Å². The van der Waals surface area contributed by atoms with Crippen molar-refractivity contribution in [1.82, 2.24) is 4.98 Å². The van der Waals surface area contributed by atoms with Crippen LogP contribution in [0.1, 0.15) is 19.8 Å². The number of hydrogen-bond acceptors (Lipinski definition) is 4. The highest BCUT2D eigenvalue weighted by Crippen LogP contribution is 2.08. The van der Waals surface area contributed by atoms with Crippen molar-refractivity contribution in [2.75, 3.05) is 11.6 Å². The molecule has 0 fully saturated rings. The van der Waals surface area contributed by atoms with Gasteiger partial charge in [0, 0.05) is 25.4 Å². The van der Waals surface area contributed by atoms with Crippen LogP contribution >= 0.6 is 0 Å². The maximum absolute atomic E-state index is 10.7. The first kappa shape index (κ1) is 10.7. The third kappa shape index (κ3) is 3.53. The second-order valence-electron chi connectivity index (χ2n) is 3.20. The molecule has 0 aliphatic heterocycles. The maximum atomic E-state index is 10.7. The van der Waals surface area contributed by atoms with E-state index in [9.17, 15) is 4.79 Å². The van der Waals surface area contributed by atoms with E-state index in [0.717, 1.165) is 12.1 Å². The largest absolute Gasteiger partial charge is 0.311 e. The van der Waals surface area contributed by atoms with Crippen LogP contribution in [0.5, 0.6) is 0 Å². The maximum Gasteiger partial charge on any atom is 0.129 e. The Morgan fingerprint density at radius 1 is 1.50 bits per heavy atom. The second-order valence-corrected chi connectivity index (χ2v) is 3.20. The van der Waals surface area contributed by atoms with E-state index >= 15 is 0 Å². The van der Waals surface area contributed by atoms with Crippen molar-refractivity contribution >= 4 is 11.5 Å². The molecule has 0 saturated carbocycles. The fraction of sp³-hybridized carbons (Fsp3) is 0.400. The first-order chi connectivity index (χ1) is 6.70. The zero-order valence-corrected chi connectivity index (χ0v) is 8.31. The number of nitrogens with zero attached hydrogens (tertiary/aromatic N) is 2. The molecule has 4 heteroatoms. The van der Waals surface area contributed by atoms with Crippen LogP contribution in [-0.4, -0.2) is 17.3 Å². The van der Waals surface area contributed by atoms with Gasteiger partial charge in [0.25, 0.3) is 0 Å². The highest BCUT2D eigenvalue weighted by Gasteiger charge is 2.00. The number of hydrogen-bond donors (Lipinski definition) is 1. The SMILES string of the molecule is CC(=O)CCCN(N)c1ccncc1. The molecule has 2 N–H and O–H groups in total. The standard InChI is InChI=1S/C10H15N3O/c1-9(14)3-2-8-13(11)10-4-6-12-7-5-10/h4-7H,2-3,8,11H2,1H3. The minimum atomic E-state index is 0.202. The minimum absolute atomic E-state index is 0.202. The van der Waals surface area contributed by atoms with Crippen molar-refractivity contribution in [2.24, 2.45) is 5.84 Å². The predicted octanol–water partition coefficient (Wildman–Crippen LogP) is 1.13. The van der Waals surface area contributed by atoms with Crippen molar-refractivity contribution in [3.05, 3.63) is 24.5 Å². The average Bonchev–Trinajstić information content (AvgIpc) is 2.18. The topological polar surface area (TPSA) is 59.2 Å². The van der Waals surface area contributed by atoms with E-state index in [0.29, 0.717) is 13.0 Å². The molecule has 0 unspecified atom stereocenters. The Balaban J connectivity index is 2.36. The third-order valence-corrected chi connectivity index (χ3v) is 1.92. The van der Waals surface area contributed by atoms with E-state index in [1.165, 1.54) is 0 Å². The third-order valence-electron chi connectivity index (χ3n) is 1.92. The Bertz CT molecular complexity index is 287. The van der Waals surface area contributed by atoms with Gasteiger partial charge in [-0.3, -0.25) is 4.98 Å². The lowest BCUT2D eigenvalue weighted by molar-refractivity contribution is -0.117. The fourth-order valence-electron chi connectivity index (χ4n) is 1.16. The zero-order valence-electron chi connectivity index (χ0n) is 8.31. The van der Waals surface area contributed by atoms with Crippen molar-refractivity contribution < 1.29 is 4.79 Å². The van der Waals surface area contributed by atoms with E-state index in [1.807, 2.05) is 12.1 Å². The summed E-state index contributed by atoms with van der Waals surface area (Å²) in [4.78, 5) is 14.6. The molecule has 76 valence electrons. The number of ketones is 1. The number of pyridine rings is 1. The molecule has 0 aliphatic carbocycles. The Morgan fingerprint density at radius 2 is 2.14 bits per heavy atom. The monoisotopic (exact) mass is 193 g/mol. The molecule has 1 rings (SSSR count). The van der Waals surface area contributed by atoms with E-state index < -0.39 is 0 Å². The van der Waals surface area contributed by atoms with Crippen LogP contribution in [0.4, 0.5) is 5.69 Å². The summed E-state index contributed by atoms with van der Waals surface area (Å²) in [5.74, 6) is 5.98. The molecule has 4 nitrogen and oxygen atoms in total. The molecule has 0 aliphatic rings. The average molecular weight is 193 g/mol. The quantitative estimate of drug-likeness (QED) is 0.562. The van der Waals surface area contributed by atoms with Gasteiger partial charge in [0.15, 0.2) is 0 Å². The molecule has 0 radical (unpaired) electrons. The predicted molar refractivity (Wildman–Crippen MR) is 55.7 cm³/mol. The molecule has 1 aromatic rings. The normalized spacial score (nSPS) is 9.86. The van der Waals surface area contributed by atoms with E-state index in [1.54, 1.807) is 24.3 Å². The lowest BCUT2D eigenvalue weighted by Gasteiger charge is -2.17. The lowest BCUT2D eigenvalue weighted by atomic mass is 10.2. The van der Waals surface area contributed by atoms with Gasteiger partial charge >= 0.3 is 0 Å². The van der Waals surface area contributed by atoms with Gasteiger partial charge in [0.1, 0.15) is 5.78 Å². The molecule has 0 saturated heterocycles. The molecule has 1 heterocycles. The number of nitrogens with two attached hydrogens (primary N) is 1. The van der Waals surface area contributed by atoms with Gasteiger partial charge in [-0.15, -0.1) is 0 Å². The van der Waals surface area contributed by atoms with Crippen LogP contribution in [-0.2, 0) is 4.79 Å². The molecule has 0 bridgehead atoms. The molecule has 0 spiro atoms. The summed E-state index contributed by atoms with van der Waals surface area (Å²) in [6.45, 7) is 2.27. The van der Waals surface area contributed by atoms with Gasteiger partial charge in [-0.2, -0.15) is 0 Å². The molecule has 0 atom stereocenters. The summed E-state index contributed by atoms with van der Waals surface area (Å²) in [5.41, 5.74) is 0.920. The summed E-state index contributed by atoms with van der Waals surface area (Å²) in [6, 6.07) is 3.68. The highest BCUT2D eigenvalue weighted by molar-refractivity contribution is 5.75. The van der Waals surface area contributed by atoms with Gasteiger partial charge in [-0.25, -0.2) is 5.84 Å². The first-order valence-electron chi connectivity index (χ1n) is 4.62. The van der Waals surface area contributed by atoms with Crippen molar-refractivity contribution in [2.45, 2.75) is 19.8 Å². The van der Waals surface area contributed by atoms with Crippen LogP contribution in [0.15, 0.2) is 24.5 Å². The van der Waals surface area contributed by atoms with Crippen molar-refractivity contribution in [3.8, 4) is 0 Å². The van der Waals surface area contributed by atoms with Crippen LogP contribution < -0.4 is 10.9 Å². The summed E-state index contributed by atoms with van der Waals surface area (Å²) < 4.78 is 0. The number of carbonyl (C=O) groups is 1. The highest BCUT2D eigenvalue weighted by atomic mass is 16.1. The lowest BCUT2D eigenvalue weighted by Crippen LogP contribution is -2.31. The van der Waals surface area contributed by atoms with E-state index in [4.69, 9.17) is 5.84 Å². The number of rotatable bonds is 5. The van der Waals surface area contributed by atoms with Gasteiger partial charge in [-0.05, 0) is 25.5 Å². The number of aromatic nitrogens is 1. The summed E-state index contributed by atoms with van der Waals surface area (Å²) in [7, 11) is 0. The molecule has 14 heavy (non-hydrogen) atoms. The Hall–Kier alpha value is -1.42. The van der Waals surface area contributed by atoms with E-state index in [2.05, 4.69) is 4.98 Å². The van der Waals surface area contributed by atoms with Gasteiger partial charge < -0.3 is 9.80 Å². The van der Waals surface area contributed by atoms with Crippen LogP contribution in [0.3, 0.4) is 0 Å². The van der Waals surface area contributed by atoms with Crippen LogP contribution in [0.25, 0.3) is 0 Å². The van der Waals surface area contributed by atoms with Crippen LogP contribution in [0.2, 0.25) is 0 Å². The molecular formula is C10H15N3O. The molecule has 1 aromatic heterocycles. The zero-order chi connectivity index (χ0) is 10.4. The van der Waals surface area contributed by atoms with E-state index in [-0.39, 0.29) is 5.78 Å². The first-order valence-corrected chi connectivity index (χ1v) is 4.62. The smallest absolute Gasteiger partial charge is 0.129 e. The Morgan fingerprint density at radius 3 is 2.71 bits per heavy atom. The van der Waals surface area contributed by atoms with Gasteiger partial charge in [0.2, 0.25) is 0 Å². The molecule has 0 amide bonds. The van der Waals surface area contributed by atoms with Gasteiger partial charge in [-0.1, -0.05) is 0 Å². The van der Waals surface area contributed by atoms with Crippen molar-refractivity contribution in [3.63, 3.8) is 0 Å². The fourth-order valence-corrected chi connectivity index (χ4v) is 1.16. The number of carbonyl (C=O) groups excluding carboxylic acids is 1. The summed E-state index contributed by atoms with van der Waals surface area (Å²) in [5, 5.41) is 1.63. The molecule has 0 aromatic carbocycles. The summed E-state index contributed by atoms with van der Waals surface area (Å²) in [6.07, 6.45) is 4.76. The van der Waals surface area contributed by atoms with Crippen molar-refractivity contribution in [1.29, 1.82) is 0 Å². The minimum Gasteiger partial charge on any atom is -0.311 e. The number of Topliss-reactive ketones (excluding diaryl/α,β-unsaturated/α-hetero) is 1. The Labute approximate surface area is 83.7 Å². The number of anilines is 1. The molecular weight excluding hydrogens is 178 g/mol.